The van der Waals surface area contributed by atoms with Crippen molar-refractivity contribution < 1.29 is 8.42 Å². The third-order valence-electron chi connectivity index (χ3n) is 3.97. The summed E-state index contributed by atoms with van der Waals surface area (Å²) in [6.45, 7) is 6.35. The molecular formula is C14H21ClN2O2S. The van der Waals surface area contributed by atoms with Gasteiger partial charge in [0.2, 0.25) is 10.0 Å². The molecular weight excluding hydrogens is 296 g/mol. The molecule has 1 heterocycles. The maximum Gasteiger partial charge on any atom is 0.244 e. The molecule has 1 aliphatic heterocycles. The molecule has 1 aliphatic rings. The van der Waals surface area contributed by atoms with Crippen LogP contribution < -0.4 is 5.73 Å². The third kappa shape index (κ3) is 2.80. The molecule has 0 saturated carbocycles. The quantitative estimate of drug-likeness (QED) is 0.853. The van der Waals surface area contributed by atoms with Gasteiger partial charge in [-0.1, -0.05) is 18.5 Å². The molecule has 4 nitrogen and oxygen atoms in total. The van der Waals surface area contributed by atoms with Crippen molar-refractivity contribution in [3.05, 3.63) is 22.7 Å². The van der Waals surface area contributed by atoms with Crippen LogP contribution >= 0.6 is 11.6 Å². The summed E-state index contributed by atoms with van der Waals surface area (Å²) >= 11 is 6.13. The molecule has 1 aromatic rings. The molecule has 0 aromatic heterocycles. The minimum atomic E-state index is -3.59. The first-order chi connectivity index (χ1) is 9.23. The van der Waals surface area contributed by atoms with Gasteiger partial charge in [-0.25, -0.2) is 8.42 Å². The SMILES string of the molecule is Cc1cc(Cl)c(S(=O)(=O)N2CC(C)CCC2C)cc1N. The molecule has 0 aliphatic carbocycles. The average Bonchev–Trinajstić information content (AvgIpc) is 2.36. The number of sulfonamides is 1. The van der Waals surface area contributed by atoms with E-state index >= 15 is 0 Å². The van der Waals surface area contributed by atoms with Crippen molar-refractivity contribution in [1.82, 2.24) is 4.31 Å². The van der Waals surface area contributed by atoms with Crippen molar-refractivity contribution in [1.29, 1.82) is 0 Å². The number of benzene rings is 1. The smallest absolute Gasteiger partial charge is 0.244 e. The van der Waals surface area contributed by atoms with Gasteiger partial charge in [0.05, 0.1) is 5.02 Å². The Morgan fingerprint density at radius 3 is 2.60 bits per heavy atom. The van der Waals surface area contributed by atoms with Crippen molar-refractivity contribution in [2.45, 2.75) is 44.6 Å². The molecule has 2 unspecified atom stereocenters. The number of aryl methyl sites for hydroxylation is 1. The van der Waals surface area contributed by atoms with E-state index in [2.05, 4.69) is 6.92 Å². The van der Waals surface area contributed by atoms with Gasteiger partial charge in [0.25, 0.3) is 0 Å². The number of anilines is 1. The largest absolute Gasteiger partial charge is 0.398 e. The van der Waals surface area contributed by atoms with Gasteiger partial charge in [-0.3, -0.25) is 0 Å². The highest BCUT2D eigenvalue weighted by Gasteiger charge is 2.34. The number of halogens is 1. The van der Waals surface area contributed by atoms with Crippen LogP contribution in [0.25, 0.3) is 0 Å². The van der Waals surface area contributed by atoms with E-state index in [1.54, 1.807) is 10.4 Å². The fourth-order valence-electron chi connectivity index (χ4n) is 2.58. The van der Waals surface area contributed by atoms with Gasteiger partial charge in [-0.15, -0.1) is 0 Å². The Bertz CT molecular complexity index is 616. The Morgan fingerprint density at radius 2 is 1.95 bits per heavy atom. The fourth-order valence-corrected chi connectivity index (χ4v) is 4.95. The van der Waals surface area contributed by atoms with E-state index in [1.165, 1.54) is 6.07 Å². The monoisotopic (exact) mass is 316 g/mol. The van der Waals surface area contributed by atoms with Crippen LogP contribution in [-0.4, -0.2) is 25.3 Å². The van der Waals surface area contributed by atoms with Crippen LogP contribution in [0, 0.1) is 12.8 Å². The van der Waals surface area contributed by atoms with Crippen LogP contribution in [0.5, 0.6) is 0 Å². The zero-order valence-corrected chi connectivity index (χ0v) is 13.6. The van der Waals surface area contributed by atoms with Crippen molar-refractivity contribution in [2.75, 3.05) is 12.3 Å². The lowest BCUT2D eigenvalue weighted by Gasteiger charge is -2.35. The van der Waals surface area contributed by atoms with Crippen LogP contribution in [0.15, 0.2) is 17.0 Å². The molecule has 2 atom stereocenters. The standard InChI is InChI=1S/C14H21ClN2O2S/c1-9-4-5-11(3)17(8-9)20(18,19)14-7-13(16)10(2)6-12(14)15/h6-7,9,11H,4-5,8,16H2,1-3H3. The number of hydrogen-bond donors (Lipinski definition) is 1. The van der Waals surface area contributed by atoms with Gasteiger partial charge in [0.1, 0.15) is 4.90 Å². The Hall–Kier alpha value is -0.780. The molecule has 112 valence electrons. The van der Waals surface area contributed by atoms with Crippen molar-refractivity contribution in [3.8, 4) is 0 Å². The predicted molar refractivity (Wildman–Crippen MR) is 82.4 cm³/mol. The lowest BCUT2D eigenvalue weighted by Crippen LogP contribution is -2.44. The number of nitrogen functional groups attached to an aromatic ring is 1. The van der Waals surface area contributed by atoms with Crippen molar-refractivity contribution in [3.63, 3.8) is 0 Å². The third-order valence-corrected chi connectivity index (χ3v) is 6.41. The number of rotatable bonds is 2. The number of nitrogens with two attached hydrogens (primary N) is 1. The summed E-state index contributed by atoms with van der Waals surface area (Å²) in [6, 6.07) is 3.08. The molecule has 0 bridgehead atoms. The summed E-state index contributed by atoms with van der Waals surface area (Å²) in [5.41, 5.74) is 7.07. The van der Waals surface area contributed by atoms with Crippen molar-refractivity contribution in [2.24, 2.45) is 5.92 Å². The van der Waals surface area contributed by atoms with E-state index in [-0.39, 0.29) is 16.0 Å². The lowest BCUT2D eigenvalue weighted by atomic mass is 9.97. The lowest BCUT2D eigenvalue weighted by molar-refractivity contribution is 0.218. The van der Waals surface area contributed by atoms with E-state index in [1.807, 2.05) is 13.8 Å². The molecule has 2 N–H and O–H groups in total. The Labute approximate surface area is 126 Å². The Kier molecular flexibility index (Phi) is 4.33. The van der Waals surface area contributed by atoms with Crippen LogP contribution in [0.3, 0.4) is 0 Å². The van der Waals surface area contributed by atoms with Gasteiger partial charge >= 0.3 is 0 Å². The van der Waals surface area contributed by atoms with Crippen LogP contribution in [0.1, 0.15) is 32.3 Å². The molecule has 1 fully saturated rings. The molecule has 0 radical (unpaired) electrons. The predicted octanol–water partition coefficient (Wildman–Crippen LogP) is 3.04. The highest BCUT2D eigenvalue weighted by Crippen LogP contribution is 2.33. The fraction of sp³-hybridized carbons (Fsp3) is 0.571. The average molecular weight is 317 g/mol. The van der Waals surface area contributed by atoms with Crippen molar-refractivity contribution >= 4 is 27.3 Å². The summed E-state index contributed by atoms with van der Waals surface area (Å²) in [5, 5.41) is 0.238. The first kappa shape index (κ1) is 15.6. The van der Waals surface area contributed by atoms with E-state index in [0.717, 1.165) is 18.4 Å². The van der Waals surface area contributed by atoms with E-state index in [0.29, 0.717) is 18.2 Å². The maximum atomic E-state index is 12.8. The summed E-state index contributed by atoms with van der Waals surface area (Å²) in [5.74, 6) is 0.363. The van der Waals surface area contributed by atoms with Gasteiger partial charge in [-0.2, -0.15) is 4.31 Å². The summed E-state index contributed by atoms with van der Waals surface area (Å²) < 4.78 is 27.2. The summed E-state index contributed by atoms with van der Waals surface area (Å²) in [7, 11) is -3.59. The first-order valence-electron chi connectivity index (χ1n) is 6.81. The Morgan fingerprint density at radius 1 is 1.30 bits per heavy atom. The second-order valence-corrected chi connectivity index (χ2v) is 8.01. The van der Waals surface area contributed by atoms with Crippen LogP contribution in [0.2, 0.25) is 5.02 Å². The molecule has 6 heteroatoms. The van der Waals surface area contributed by atoms with Gasteiger partial charge < -0.3 is 5.73 Å². The highest BCUT2D eigenvalue weighted by atomic mass is 35.5. The molecule has 20 heavy (non-hydrogen) atoms. The van der Waals surface area contributed by atoms with E-state index in [9.17, 15) is 8.42 Å². The van der Waals surface area contributed by atoms with E-state index < -0.39 is 10.0 Å². The molecule has 1 aromatic carbocycles. The second-order valence-electron chi connectivity index (χ2n) is 5.75. The normalized spacial score (nSPS) is 24.8. The highest BCUT2D eigenvalue weighted by molar-refractivity contribution is 7.89. The van der Waals surface area contributed by atoms with Crippen LogP contribution in [-0.2, 0) is 10.0 Å². The number of nitrogens with zero attached hydrogens (tertiary/aromatic N) is 1. The van der Waals surface area contributed by atoms with Crippen LogP contribution in [0.4, 0.5) is 5.69 Å². The maximum absolute atomic E-state index is 12.8. The van der Waals surface area contributed by atoms with Gasteiger partial charge in [0, 0.05) is 18.3 Å². The topological polar surface area (TPSA) is 63.4 Å². The Balaban J connectivity index is 2.47. The zero-order valence-electron chi connectivity index (χ0n) is 12.1. The minimum Gasteiger partial charge on any atom is -0.398 e. The summed E-state index contributed by atoms with van der Waals surface area (Å²) in [6.07, 6.45) is 1.93. The van der Waals surface area contributed by atoms with E-state index in [4.69, 9.17) is 17.3 Å². The molecule has 0 amide bonds. The number of piperidine rings is 1. The van der Waals surface area contributed by atoms with Gasteiger partial charge in [-0.05, 0) is 50.3 Å². The molecule has 1 saturated heterocycles. The first-order valence-corrected chi connectivity index (χ1v) is 8.62. The van der Waals surface area contributed by atoms with Gasteiger partial charge in [0.15, 0.2) is 0 Å². The molecule has 0 spiro atoms. The zero-order chi connectivity index (χ0) is 15.1. The molecule has 2 rings (SSSR count). The second kappa shape index (κ2) is 5.54. The number of hydrogen-bond acceptors (Lipinski definition) is 3. The minimum absolute atomic E-state index is 0.00482. The summed E-state index contributed by atoms with van der Waals surface area (Å²) in [4.78, 5) is 0.114.